The van der Waals surface area contributed by atoms with Gasteiger partial charge in [0.05, 0.1) is 17.6 Å². The van der Waals surface area contributed by atoms with Gasteiger partial charge in [-0.2, -0.15) is 0 Å². The van der Waals surface area contributed by atoms with E-state index in [1.807, 2.05) is 0 Å². The monoisotopic (exact) mass is 294 g/mol. The molecule has 1 saturated carbocycles. The highest BCUT2D eigenvalue weighted by Gasteiger charge is 2.50. The summed E-state index contributed by atoms with van der Waals surface area (Å²) in [4.78, 5) is 22.3. The number of esters is 1. The maximum atomic E-state index is 11.9. The summed E-state index contributed by atoms with van der Waals surface area (Å²) in [6.45, 7) is 1.53. The highest BCUT2D eigenvalue weighted by Crippen LogP contribution is 2.39. The Labute approximate surface area is 122 Å². The molecule has 1 unspecified atom stereocenters. The number of nitro groups is 1. The van der Waals surface area contributed by atoms with Gasteiger partial charge in [0.1, 0.15) is 12.4 Å². The molecule has 1 fully saturated rings. The zero-order chi connectivity index (χ0) is 15.6. The normalized spacial score (nSPS) is 16.9. The Balaban J connectivity index is 2.17. The molecule has 1 atom stereocenters. The van der Waals surface area contributed by atoms with E-state index in [0.29, 0.717) is 11.3 Å². The van der Waals surface area contributed by atoms with Crippen molar-refractivity contribution in [2.24, 2.45) is 11.7 Å². The molecule has 2 rings (SSSR count). The first-order chi connectivity index (χ1) is 9.90. The number of nitrogens with zero attached hydrogens (tertiary/aromatic N) is 1. The number of benzene rings is 1. The molecule has 0 radical (unpaired) electrons. The molecule has 1 aromatic carbocycles. The number of carbonyl (C=O) groups excluding carboxylic acids is 1. The Kier molecular flexibility index (Phi) is 4.13. The van der Waals surface area contributed by atoms with Crippen molar-refractivity contribution in [3.8, 4) is 5.75 Å². The van der Waals surface area contributed by atoms with Gasteiger partial charge in [0.25, 0.3) is 5.69 Å². The Morgan fingerprint density at radius 3 is 2.71 bits per heavy atom. The summed E-state index contributed by atoms with van der Waals surface area (Å²) in [6, 6.07) is 4.56. The fourth-order valence-corrected chi connectivity index (χ4v) is 2.29. The van der Waals surface area contributed by atoms with Gasteiger partial charge < -0.3 is 15.2 Å². The van der Waals surface area contributed by atoms with Crippen LogP contribution in [0.25, 0.3) is 0 Å². The molecule has 0 heterocycles. The number of ether oxygens (including phenoxy) is 2. The minimum Gasteiger partial charge on any atom is -0.490 e. The second kappa shape index (κ2) is 5.69. The lowest BCUT2D eigenvalue weighted by atomic mass is 9.96. The summed E-state index contributed by atoms with van der Waals surface area (Å²) in [5.41, 5.74) is 5.30. The van der Waals surface area contributed by atoms with Gasteiger partial charge >= 0.3 is 5.97 Å². The fraction of sp³-hybridized carbons (Fsp3) is 0.500. The van der Waals surface area contributed by atoms with E-state index in [9.17, 15) is 14.9 Å². The minimum absolute atomic E-state index is 0.0281. The van der Waals surface area contributed by atoms with E-state index in [-0.39, 0.29) is 18.2 Å². The van der Waals surface area contributed by atoms with Crippen molar-refractivity contribution in [3.63, 3.8) is 0 Å². The molecule has 1 aliphatic carbocycles. The summed E-state index contributed by atoms with van der Waals surface area (Å²) in [6.07, 6.45) is 1.70. The molecule has 0 saturated heterocycles. The number of hydrogen-bond acceptors (Lipinski definition) is 6. The zero-order valence-corrected chi connectivity index (χ0v) is 12.0. The van der Waals surface area contributed by atoms with Gasteiger partial charge in [-0.15, -0.1) is 0 Å². The van der Waals surface area contributed by atoms with Crippen LogP contribution in [0.4, 0.5) is 5.69 Å². The van der Waals surface area contributed by atoms with Gasteiger partial charge in [-0.05, 0) is 31.7 Å². The quantitative estimate of drug-likeness (QED) is 0.485. The largest absolute Gasteiger partial charge is 0.490 e. The van der Waals surface area contributed by atoms with Crippen molar-refractivity contribution in [1.29, 1.82) is 0 Å². The number of nitro benzene ring substituents is 1. The summed E-state index contributed by atoms with van der Waals surface area (Å²) in [7, 11) is 1.28. The topological polar surface area (TPSA) is 105 Å². The minimum atomic E-state index is -1.20. The van der Waals surface area contributed by atoms with Crippen LogP contribution in [0.1, 0.15) is 18.4 Å². The van der Waals surface area contributed by atoms with Gasteiger partial charge in [-0.25, -0.2) is 4.79 Å². The van der Waals surface area contributed by atoms with E-state index in [2.05, 4.69) is 0 Å². The second-order valence-electron chi connectivity index (χ2n) is 5.25. The van der Waals surface area contributed by atoms with Crippen molar-refractivity contribution in [1.82, 2.24) is 0 Å². The van der Waals surface area contributed by atoms with Crippen LogP contribution in [-0.4, -0.2) is 30.1 Å². The predicted octanol–water partition coefficient (Wildman–Crippen LogP) is 1.56. The molecule has 1 aromatic rings. The van der Waals surface area contributed by atoms with Crippen LogP contribution in [-0.2, 0) is 9.53 Å². The molecule has 114 valence electrons. The van der Waals surface area contributed by atoms with E-state index in [1.54, 1.807) is 13.0 Å². The molecule has 21 heavy (non-hydrogen) atoms. The first kappa shape index (κ1) is 15.2. The number of carbonyl (C=O) groups is 1. The van der Waals surface area contributed by atoms with E-state index in [0.717, 1.165) is 12.8 Å². The maximum Gasteiger partial charge on any atom is 0.329 e. The molecule has 0 aromatic heterocycles. The lowest BCUT2D eigenvalue weighted by Crippen LogP contribution is -2.55. The molecule has 0 amide bonds. The smallest absolute Gasteiger partial charge is 0.329 e. The summed E-state index contributed by atoms with van der Waals surface area (Å²) >= 11 is 0. The van der Waals surface area contributed by atoms with Crippen LogP contribution in [0.2, 0.25) is 0 Å². The molecule has 0 spiro atoms. The van der Waals surface area contributed by atoms with Gasteiger partial charge in [-0.1, -0.05) is 6.07 Å². The van der Waals surface area contributed by atoms with Crippen LogP contribution in [0.3, 0.4) is 0 Å². The van der Waals surface area contributed by atoms with Crippen LogP contribution in [0, 0.1) is 23.0 Å². The summed E-state index contributed by atoms with van der Waals surface area (Å²) < 4.78 is 10.3. The van der Waals surface area contributed by atoms with Gasteiger partial charge in [0.15, 0.2) is 5.54 Å². The molecule has 7 heteroatoms. The summed E-state index contributed by atoms with van der Waals surface area (Å²) in [5, 5.41) is 10.9. The molecule has 2 N–H and O–H groups in total. The molecule has 1 aliphatic rings. The van der Waals surface area contributed by atoms with Crippen LogP contribution in [0.5, 0.6) is 5.75 Å². The predicted molar refractivity (Wildman–Crippen MR) is 75.0 cm³/mol. The molecular weight excluding hydrogens is 276 g/mol. The number of methoxy groups -OCH3 is 1. The van der Waals surface area contributed by atoms with E-state index in [1.165, 1.54) is 19.2 Å². The molecule has 0 aliphatic heterocycles. The van der Waals surface area contributed by atoms with E-state index >= 15 is 0 Å². The number of hydrogen-bond donors (Lipinski definition) is 1. The van der Waals surface area contributed by atoms with Crippen molar-refractivity contribution in [3.05, 3.63) is 33.9 Å². The average Bonchev–Trinajstić information content (AvgIpc) is 3.29. The molecule has 0 bridgehead atoms. The van der Waals surface area contributed by atoms with Crippen molar-refractivity contribution >= 4 is 11.7 Å². The zero-order valence-electron chi connectivity index (χ0n) is 12.0. The lowest BCUT2D eigenvalue weighted by Gasteiger charge is -2.26. The van der Waals surface area contributed by atoms with Gasteiger partial charge in [-0.3, -0.25) is 10.1 Å². The first-order valence-corrected chi connectivity index (χ1v) is 6.64. The van der Waals surface area contributed by atoms with Crippen LogP contribution < -0.4 is 10.5 Å². The highest BCUT2D eigenvalue weighted by atomic mass is 16.6. The molecule has 7 nitrogen and oxygen atoms in total. The molecular formula is C14H18N2O5. The summed E-state index contributed by atoms with van der Waals surface area (Å²) in [5.74, 6) is -0.138. The van der Waals surface area contributed by atoms with Crippen LogP contribution >= 0.6 is 0 Å². The van der Waals surface area contributed by atoms with Gasteiger partial charge in [0.2, 0.25) is 0 Å². The Hall–Kier alpha value is -2.15. The third-order valence-electron chi connectivity index (χ3n) is 3.79. The number of nitrogens with two attached hydrogens (primary N) is 1. The Morgan fingerprint density at radius 2 is 2.19 bits per heavy atom. The standard InChI is InChI=1S/C14H18N2O5/c1-9-11(16(18)19)4-3-5-12(9)21-8-14(15,10-6-7-10)13(17)20-2/h3-5,10H,6-8,15H2,1-2H3. The average molecular weight is 294 g/mol. The third-order valence-corrected chi connectivity index (χ3v) is 3.79. The van der Waals surface area contributed by atoms with Crippen molar-refractivity contribution in [2.75, 3.05) is 13.7 Å². The fourth-order valence-electron chi connectivity index (χ4n) is 2.29. The van der Waals surface area contributed by atoms with Crippen molar-refractivity contribution in [2.45, 2.75) is 25.3 Å². The Morgan fingerprint density at radius 1 is 1.52 bits per heavy atom. The van der Waals surface area contributed by atoms with E-state index in [4.69, 9.17) is 15.2 Å². The van der Waals surface area contributed by atoms with Crippen LogP contribution in [0.15, 0.2) is 18.2 Å². The number of rotatable bonds is 6. The second-order valence-corrected chi connectivity index (χ2v) is 5.25. The van der Waals surface area contributed by atoms with Crippen molar-refractivity contribution < 1.29 is 19.2 Å². The SMILES string of the molecule is COC(=O)C(N)(COc1cccc([N+](=O)[O-])c1C)C1CC1. The van der Waals surface area contributed by atoms with E-state index < -0.39 is 16.4 Å². The Bertz CT molecular complexity index is 570. The highest BCUT2D eigenvalue weighted by molar-refractivity contribution is 5.81. The first-order valence-electron chi connectivity index (χ1n) is 6.64. The van der Waals surface area contributed by atoms with Gasteiger partial charge in [0, 0.05) is 6.07 Å². The lowest BCUT2D eigenvalue weighted by molar-refractivity contribution is -0.385. The maximum absolute atomic E-state index is 11.9. The third kappa shape index (κ3) is 2.97.